The molecule has 0 saturated heterocycles. The summed E-state index contributed by atoms with van der Waals surface area (Å²) in [5.74, 6) is -0.0505. The number of rotatable bonds is 4. The van der Waals surface area contributed by atoms with E-state index in [0.29, 0.717) is 17.8 Å². The third-order valence-electron chi connectivity index (χ3n) is 2.78. The Bertz CT molecular complexity index is 625. The lowest BCUT2D eigenvalue weighted by atomic mass is 10.1. The first-order valence-electron chi connectivity index (χ1n) is 6.05. The van der Waals surface area contributed by atoms with E-state index in [1.165, 1.54) is 9.78 Å². The van der Waals surface area contributed by atoms with Crippen LogP contribution in [-0.2, 0) is 6.54 Å². The summed E-state index contributed by atoms with van der Waals surface area (Å²) in [7, 11) is 3.44. The van der Waals surface area contributed by atoms with Gasteiger partial charge in [0.25, 0.3) is 5.91 Å². The molecule has 1 aromatic heterocycles. The van der Waals surface area contributed by atoms with Crippen LogP contribution < -0.4 is 11.1 Å². The molecule has 1 heterocycles. The molecule has 0 aliphatic rings. The lowest BCUT2D eigenvalue weighted by Gasteiger charge is -2.13. The SMILES string of the molecule is CN(C)C(=O)c1ccc(NCc2cc(Br)cs2)c(N)c1. The van der Waals surface area contributed by atoms with Crippen molar-refractivity contribution in [3.05, 3.63) is 44.6 Å². The molecular formula is C14H16BrN3OS. The largest absolute Gasteiger partial charge is 0.397 e. The van der Waals surface area contributed by atoms with Crippen LogP contribution in [0.5, 0.6) is 0 Å². The number of anilines is 2. The van der Waals surface area contributed by atoms with Crippen LogP contribution >= 0.6 is 27.3 Å². The first-order chi connectivity index (χ1) is 9.47. The Morgan fingerprint density at radius 1 is 1.40 bits per heavy atom. The standard InChI is InChI=1S/C14H16BrN3OS/c1-18(2)14(19)9-3-4-13(12(16)5-9)17-7-11-6-10(15)8-20-11/h3-6,8,17H,7,16H2,1-2H3. The maximum Gasteiger partial charge on any atom is 0.253 e. The summed E-state index contributed by atoms with van der Waals surface area (Å²) in [4.78, 5) is 14.6. The number of nitrogen functional groups attached to an aromatic ring is 1. The molecule has 0 bridgehead atoms. The number of hydrogen-bond donors (Lipinski definition) is 2. The van der Waals surface area contributed by atoms with Gasteiger partial charge in [0.1, 0.15) is 0 Å². The summed E-state index contributed by atoms with van der Waals surface area (Å²) in [5.41, 5.74) is 8.00. The quantitative estimate of drug-likeness (QED) is 0.828. The normalized spacial score (nSPS) is 10.3. The number of benzene rings is 1. The van der Waals surface area contributed by atoms with E-state index in [4.69, 9.17) is 5.73 Å². The molecule has 0 aliphatic heterocycles. The van der Waals surface area contributed by atoms with Gasteiger partial charge in [0.15, 0.2) is 0 Å². The van der Waals surface area contributed by atoms with Crippen molar-refractivity contribution >= 4 is 44.5 Å². The van der Waals surface area contributed by atoms with Gasteiger partial charge in [-0.25, -0.2) is 0 Å². The molecule has 1 amide bonds. The van der Waals surface area contributed by atoms with E-state index in [1.54, 1.807) is 37.6 Å². The highest BCUT2D eigenvalue weighted by molar-refractivity contribution is 9.10. The van der Waals surface area contributed by atoms with Gasteiger partial charge in [-0.05, 0) is 40.2 Å². The number of nitrogens with two attached hydrogens (primary N) is 1. The van der Waals surface area contributed by atoms with E-state index in [2.05, 4.69) is 27.3 Å². The lowest BCUT2D eigenvalue weighted by Crippen LogP contribution is -2.21. The minimum Gasteiger partial charge on any atom is -0.397 e. The average Bonchev–Trinajstić information content (AvgIpc) is 2.82. The molecule has 20 heavy (non-hydrogen) atoms. The fourth-order valence-electron chi connectivity index (χ4n) is 1.74. The van der Waals surface area contributed by atoms with Gasteiger partial charge in [-0.2, -0.15) is 0 Å². The second-order valence-corrected chi connectivity index (χ2v) is 6.50. The van der Waals surface area contributed by atoms with Crippen LogP contribution in [0.2, 0.25) is 0 Å². The lowest BCUT2D eigenvalue weighted by molar-refractivity contribution is 0.0827. The molecule has 2 rings (SSSR count). The molecule has 0 spiro atoms. The van der Waals surface area contributed by atoms with Gasteiger partial charge in [-0.3, -0.25) is 4.79 Å². The van der Waals surface area contributed by atoms with Crippen molar-refractivity contribution < 1.29 is 4.79 Å². The van der Waals surface area contributed by atoms with E-state index in [0.717, 1.165) is 10.2 Å². The number of hydrogen-bond acceptors (Lipinski definition) is 4. The van der Waals surface area contributed by atoms with E-state index >= 15 is 0 Å². The zero-order valence-electron chi connectivity index (χ0n) is 11.3. The first-order valence-corrected chi connectivity index (χ1v) is 7.72. The van der Waals surface area contributed by atoms with Gasteiger partial charge in [0.2, 0.25) is 0 Å². The van der Waals surface area contributed by atoms with Gasteiger partial charge in [-0.1, -0.05) is 0 Å². The number of halogens is 1. The van der Waals surface area contributed by atoms with Crippen LogP contribution in [0.15, 0.2) is 34.1 Å². The molecule has 3 N–H and O–H groups in total. The predicted molar refractivity (Wildman–Crippen MR) is 88.2 cm³/mol. The Morgan fingerprint density at radius 3 is 2.70 bits per heavy atom. The topological polar surface area (TPSA) is 58.4 Å². The van der Waals surface area contributed by atoms with Crippen LogP contribution in [0.25, 0.3) is 0 Å². The van der Waals surface area contributed by atoms with Gasteiger partial charge in [0, 0.05) is 40.9 Å². The molecule has 0 saturated carbocycles. The summed E-state index contributed by atoms with van der Waals surface area (Å²) >= 11 is 5.10. The Balaban J connectivity index is 2.08. The third kappa shape index (κ3) is 3.52. The minimum absolute atomic E-state index is 0.0505. The van der Waals surface area contributed by atoms with Crippen molar-refractivity contribution in [3.63, 3.8) is 0 Å². The Morgan fingerprint density at radius 2 is 2.15 bits per heavy atom. The second-order valence-electron chi connectivity index (χ2n) is 4.59. The molecule has 6 heteroatoms. The molecule has 0 unspecified atom stereocenters. The van der Waals surface area contributed by atoms with Gasteiger partial charge < -0.3 is 16.0 Å². The van der Waals surface area contributed by atoms with Gasteiger partial charge in [0.05, 0.1) is 11.4 Å². The maximum absolute atomic E-state index is 11.8. The highest BCUT2D eigenvalue weighted by Gasteiger charge is 2.10. The third-order valence-corrected chi connectivity index (χ3v) is 4.48. The molecule has 0 radical (unpaired) electrons. The summed E-state index contributed by atoms with van der Waals surface area (Å²) in [6.45, 7) is 0.710. The summed E-state index contributed by atoms with van der Waals surface area (Å²) < 4.78 is 1.08. The number of nitrogens with one attached hydrogen (secondary N) is 1. The maximum atomic E-state index is 11.8. The molecule has 0 atom stereocenters. The average molecular weight is 354 g/mol. The summed E-state index contributed by atoms with van der Waals surface area (Å²) in [6, 6.07) is 7.40. The van der Waals surface area contributed by atoms with E-state index in [9.17, 15) is 4.79 Å². The van der Waals surface area contributed by atoms with E-state index in [1.807, 2.05) is 11.4 Å². The van der Waals surface area contributed by atoms with Crippen molar-refractivity contribution in [1.29, 1.82) is 0 Å². The van der Waals surface area contributed by atoms with Crippen molar-refractivity contribution in [2.24, 2.45) is 0 Å². The molecule has 2 aromatic rings. The molecule has 106 valence electrons. The van der Waals surface area contributed by atoms with Crippen LogP contribution in [0.3, 0.4) is 0 Å². The smallest absolute Gasteiger partial charge is 0.253 e. The van der Waals surface area contributed by atoms with Crippen molar-refractivity contribution in [3.8, 4) is 0 Å². The fourth-order valence-corrected chi connectivity index (χ4v) is 3.13. The number of thiophene rings is 1. The van der Waals surface area contributed by atoms with E-state index < -0.39 is 0 Å². The second kappa shape index (κ2) is 6.28. The van der Waals surface area contributed by atoms with Crippen LogP contribution in [-0.4, -0.2) is 24.9 Å². The monoisotopic (exact) mass is 353 g/mol. The highest BCUT2D eigenvalue weighted by atomic mass is 79.9. The van der Waals surface area contributed by atoms with Crippen molar-refractivity contribution in [2.45, 2.75) is 6.54 Å². The van der Waals surface area contributed by atoms with Crippen LogP contribution in [0.1, 0.15) is 15.2 Å². The summed E-state index contributed by atoms with van der Waals surface area (Å²) in [6.07, 6.45) is 0. The number of carbonyl (C=O) groups excluding carboxylic acids is 1. The van der Waals surface area contributed by atoms with Crippen molar-refractivity contribution in [2.75, 3.05) is 25.1 Å². The highest BCUT2D eigenvalue weighted by Crippen LogP contribution is 2.24. The number of amides is 1. The molecule has 0 aliphatic carbocycles. The number of carbonyl (C=O) groups is 1. The Hall–Kier alpha value is -1.53. The molecule has 0 fully saturated rings. The number of nitrogens with zero attached hydrogens (tertiary/aromatic N) is 1. The minimum atomic E-state index is -0.0505. The van der Waals surface area contributed by atoms with Crippen LogP contribution in [0.4, 0.5) is 11.4 Å². The first kappa shape index (κ1) is 14.9. The Labute approximate surface area is 130 Å². The fraction of sp³-hybridized carbons (Fsp3) is 0.214. The van der Waals surface area contributed by atoms with E-state index in [-0.39, 0.29) is 5.91 Å². The molecular weight excluding hydrogens is 338 g/mol. The van der Waals surface area contributed by atoms with Crippen molar-refractivity contribution in [1.82, 2.24) is 4.90 Å². The van der Waals surface area contributed by atoms with Gasteiger partial charge in [-0.15, -0.1) is 11.3 Å². The summed E-state index contributed by atoms with van der Waals surface area (Å²) in [5, 5.41) is 5.32. The zero-order chi connectivity index (χ0) is 14.7. The van der Waals surface area contributed by atoms with Crippen LogP contribution in [0, 0.1) is 0 Å². The molecule has 4 nitrogen and oxygen atoms in total. The predicted octanol–water partition coefficient (Wildman–Crippen LogP) is 3.41. The zero-order valence-corrected chi connectivity index (χ0v) is 13.7. The molecule has 1 aromatic carbocycles. The Kier molecular flexibility index (Phi) is 4.67. The van der Waals surface area contributed by atoms with Gasteiger partial charge >= 0.3 is 0 Å².